The predicted molar refractivity (Wildman–Crippen MR) is 71.3 cm³/mol. The van der Waals surface area contributed by atoms with Crippen LogP contribution in [0.25, 0.3) is 0 Å². The molecule has 1 atom stereocenters. The number of nitrogens with one attached hydrogen (secondary N) is 1. The van der Waals surface area contributed by atoms with Crippen molar-refractivity contribution in [3.8, 4) is 0 Å². The molecule has 0 aromatic heterocycles. The topological polar surface area (TPSA) is 21.3 Å². The molecule has 0 spiro atoms. The van der Waals surface area contributed by atoms with Crippen LogP contribution in [-0.2, 0) is 11.3 Å². The lowest BCUT2D eigenvalue weighted by Gasteiger charge is -2.36. The van der Waals surface area contributed by atoms with Crippen molar-refractivity contribution in [3.05, 3.63) is 34.9 Å². The van der Waals surface area contributed by atoms with E-state index in [1.165, 1.54) is 5.56 Å². The second kappa shape index (κ2) is 5.38. The van der Waals surface area contributed by atoms with Gasteiger partial charge in [0.15, 0.2) is 0 Å². The molecule has 2 rings (SSSR count). The van der Waals surface area contributed by atoms with E-state index in [1.54, 1.807) is 0 Å². The molecule has 17 heavy (non-hydrogen) atoms. The third kappa shape index (κ3) is 3.98. The summed E-state index contributed by atoms with van der Waals surface area (Å²) in [6.45, 7) is 6.03. The maximum Gasteiger partial charge on any atom is 0.0641 e. The van der Waals surface area contributed by atoms with Crippen LogP contribution < -0.4 is 5.32 Å². The van der Waals surface area contributed by atoms with Crippen molar-refractivity contribution < 1.29 is 4.74 Å². The zero-order valence-corrected chi connectivity index (χ0v) is 11.3. The van der Waals surface area contributed by atoms with Crippen LogP contribution in [0.3, 0.4) is 0 Å². The van der Waals surface area contributed by atoms with Gasteiger partial charge in [-0.2, -0.15) is 0 Å². The molecule has 0 bridgehead atoms. The summed E-state index contributed by atoms with van der Waals surface area (Å²) in [5.41, 5.74) is 1.24. The molecule has 3 heteroatoms. The van der Waals surface area contributed by atoms with Gasteiger partial charge in [0.2, 0.25) is 0 Å². The highest BCUT2D eigenvalue weighted by atomic mass is 35.5. The van der Waals surface area contributed by atoms with Crippen LogP contribution in [0, 0.1) is 0 Å². The third-order valence-electron chi connectivity index (χ3n) is 3.18. The summed E-state index contributed by atoms with van der Waals surface area (Å²) in [4.78, 5) is 0. The van der Waals surface area contributed by atoms with Crippen LogP contribution in [-0.4, -0.2) is 18.2 Å². The number of ether oxygens (including phenoxy) is 1. The molecule has 1 unspecified atom stereocenters. The van der Waals surface area contributed by atoms with Gasteiger partial charge >= 0.3 is 0 Å². The Hall–Kier alpha value is -0.570. The molecule has 1 heterocycles. The molecule has 0 saturated carbocycles. The first-order valence-corrected chi connectivity index (χ1v) is 6.55. The Morgan fingerprint density at radius 2 is 2.29 bits per heavy atom. The van der Waals surface area contributed by atoms with E-state index in [1.807, 2.05) is 18.2 Å². The summed E-state index contributed by atoms with van der Waals surface area (Å²) >= 11 is 5.96. The summed E-state index contributed by atoms with van der Waals surface area (Å²) in [7, 11) is 0. The molecule has 94 valence electrons. The van der Waals surface area contributed by atoms with Gasteiger partial charge in [0.1, 0.15) is 0 Å². The van der Waals surface area contributed by atoms with Crippen molar-refractivity contribution >= 4 is 11.6 Å². The van der Waals surface area contributed by atoms with E-state index in [0.717, 1.165) is 31.0 Å². The lowest BCUT2D eigenvalue weighted by molar-refractivity contribution is -0.0630. The van der Waals surface area contributed by atoms with Crippen molar-refractivity contribution in [3.63, 3.8) is 0 Å². The quantitative estimate of drug-likeness (QED) is 0.892. The van der Waals surface area contributed by atoms with E-state index in [0.29, 0.717) is 6.04 Å². The first-order chi connectivity index (χ1) is 8.05. The maximum absolute atomic E-state index is 5.96. The summed E-state index contributed by atoms with van der Waals surface area (Å²) in [6.07, 6.45) is 2.15. The standard InChI is InChI=1S/C14H20ClNO/c1-14(2)9-13(6-7-17-14)16-10-11-4-3-5-12(15)8-11/h3-5,8,13,16H,6-7,9-10H2,1-2H3. The van der Waals surface area contributed by atoms with Gasteiger partial charge in [-0.05, 0) is 44.4 Å². The lowest BCUT2D eigenvalue weighted by atomic mass is 9.94. The fourth-order valence-electron chi connectivity index (χ4n) is 2.32. The minimum atomic E-state index is 0.00422. The van der Waals surface area contributed by atoms with Gasteiger partial charge in [0, 0.05) is 24.2 Å². The molecule has 1 fully saturated rings. The molecule has 1 aromatic rings. The van der Waals surface area contributed by atoms with E-state index < -0.39 is 0 Å². The molecule has 1 aliphatic heterocycles. The highest BCUT2D eigenvalue weighted by molar-refractivity contribution is 6.30. The monoisotopic (exact) mass is 253 g/mol. The number of hydrogen-bond acceptors (Lipinski definition) is 2. The number of benzene rings is 1. The number of rotatable bonds is 3. The van der Waals surface area contributed by atoms with Crippen LogP contribution >= 0.6 is 11.6 Å². The molecule has 0 aliphatic carbocycles. The van der Waals surface area contributed by atoms with E-state index in [-0.39, 0.29) is 5.60 Å². The van der Waals surface area contributed by atoms with Crippen molar-refractivity contribution in [1.29, 1.82) is 0 Å². The zero-order valence-electron chi connectivity index (χ0n) is 10.5. The van der Waals surface area contributed by atoms with E-state index in [2.05, 4.69) is 25.2 Å². The van der Waals surface area contributed by atoms with Gasteiger partial charge < -0.3 is 10.1 Å². The van der Waals surface area contributed by atoms with Crippen molar-refractivity contribution in [1.82, 2.24) is 5.32 Å². The average molecular weight is 254 g/mol. The van der Waals surface area contributed by atoms with E-state index >= 15 is 0 Å². The maximum atomic E-state index is 5.96. The lowest BCUT2D eigenvalue weighted by Crippen LogP contribution is -2.43. The molecule has 1 aliphatic rings. The smallest absolute Gasteiger partial charge is 0.0641 e. The summed E-state index contributed by atoms with van der Waals surface area (Å²) in [5, 5.41) is 4.38. The van der Waals surface area contributed by atoms with Crippen LogP contribution in [0.4, 0.5) is 0 Å². The summed E-state index contributed by atoms with van der Waals surface area (Å²) in [5.74, 6) is 0. The fraction of sp³-hybridized carbons (Fsp3) is 0.571. The Balaban J connectivity index is 1.86. The van der Waals surface area contributed by atoms with Gasteiger partial charge in [-0.25, -0.2) is 0 Å². The fourth-order valence-corrected chi connectivity index (χ4v) is 2.53. The molecule has 0 radical (unpaired) electrons. The Morgan fingerprint density at radius 3 is 3.00 bits per heavy atom. The van der Waals surface area contributed by atoms with Gasteiger partial charge in [0.25, 0.3) is 0 Å². The van der Waals surface area contributed by atoms with Crippen molar-refractivity contribution in [2.75, 3.05) is 6.61 Å². The summed E-state index contributed by atoms with van der Waals surface area (Å²) in [6, 6.07) is 8.55. The molecule has 2 nitrogen and oxygen atoms in total. The SMILES string of the molecule is CC1(C)CC(NCc2cccc(Cl)c2)CCO1. The minimum Gasteiger partial charge on any atom is -0.375 e. The average Bonchev–Trinajstić information content (AvgIpc) is 2.25. The molecular weight excluding hydrogens is 234 g/mol. The third-order valence-corrected chi connectivity index (χ3v) is 3.42. The van der Waals surface area contributed by atoms with Crippen LogP contribution in [0.5, 0.6) is 0 Å². The highest BCUT2D eigenvalue weighted by Gasteiger charge is 2.28. The minimum absolute atomic E-state index is 0.00422. The molecule has 1 aromatic carbocycles. The number of hydrogen-bond donors (Lipinski definition) is 1. The van der Waals surface area contributed by atoms with Crippen molar-refractivity contribution in [2.45, 2.75) is 44.9 Å². The second-order valence-electron chi connectivity index (χ2n) is 5.31. The van der Waals surface area contributed by atoms with Crippen LogP contribution in [0.1, 0.15) is 32.3 Å². The first-order valence-electron chi connectivity index (χ1n) is 6.17. The first kappa shape index (κ1) is 12.9. The van der Waals surface area contributed by atoms with Gasteiger partial charge in [0.05, 0.1) is 5.60 Å². The number of halogens is 1. The zero-order chi connectivity index (χ0) is 12.3. The Bertz CT molecular complexity index is 378. The normalized spacial score (nSPS) is 23.6. The van der Waals surface area contributed by atoms with Crippen LogP contribution in [0.2, 0.25) is 5.02 Å². The molecule has 0 amide bonds. The summed E-state index contributed by atoms with van der Waals surface area (Å²) < 4.78 is 5.71. The van der Waals surface area contributed by atoms with Gasteiger partial charge in [-0.15, -0.1) is 0 Å². The Labute approximate surface area is 108 Å². The van der Waals surface area contributed by atoms with Gasteiger partial charge in [-0.3, -0.25) is 0 Å². The Morgan fingerprint density at radius 1 is 1.47 bits per heavy atom. The van der Waals surface area contributed by atoms with Gasteiger partial charge in [-0.1, -0.05) is 23.7 Å². The molecular formula is C14H20ClNO. The van der Waals surface area contributed by atoms with E-state index in [9.17, 15) is 0 Å². The second-order valence-corrected chi connectivity index (χ2v) is 5.75. The molecule has 1 N–H and O–H groups in total. The Kier molecular flexibility index (Phi) is 4.08. The predicted octanol–water partition coefficient (Wildman–Crippen LogP) is 3.39. The van der Waals surface area contributed by atoms with E-state index in [4.69, 9.17) is 16.3 Å². The van der Waals surface area contributed by atoms with Crippen molar-refractivity contribution in [2.24, 2.45) is 0 Å². The largest absolute Gasteiger partial charge is 0.375 e. The molecule has 1 saturated heterocycles. The van der Waals surface area contributed by atoms with Crippen LogP contribution in [0.15, 0.2) is 24.3 Å². The highest BCUT2D eigenvalue weighted by Crippen LogP contribution is 2.24.